The Bertz CT molecular complexity index is 333. The highest BCUT2D eigenvalue weighted by atomic mass is 35.5. The molecule has 1 N–H and O–H groups in total. The van der Waals surface area contributed by atoms with Gasteiger partial charge in [0.25, 0.3) is 0 Å². The van der Waals surface area contributed by atoms with Crippen molar-refractivity contribution in [3.8, 4) is 0 Å². The molecule has 0 saturated heterocycles. The molecule has 2 unspecified atom stereocenters. The molecule has 1 nitrogen and oxygen atoms in total. The van der Waals surface area contributed by atoms with Crippen molar-refractivity contribution in [2.24, 2.45) is 0 Å². The lowest BCUT2D eigenvalue weighted by atomic mass is 9.90. The zero-order valence-electron chi connectivity index (χ0n) is 10.6. The van der Waals surface area contributed by atoms with Gasteiger partial charge >= 0.3 is 0 Å². The molecule has 0 bridgehead atoms. The van der Waals surface area contributed by atoms with E-state index in [1.54, 1.807) is 0 Å². The highest BCUT2D eigenvalue weighted by Crippen LogP contribution is 2.32. The van der Waals surface area contributed by atoms with Crippen LogP contribution in [0.4, 0.5) is 0 Å². The predicted molar refractivity (Wildman–Crippen MR) is 74.7 cm³/mol. The maximum atomic E-state index is 5.95. The number of hydrogen-bond acceptors (Lipinski definition) is 1. The van der Waals surface area contributed by atoms with E-state index in [1.807, 2.05) is 12.1 Å². The van der Waals surface area contributed by atoms with Crippen molar-refractivity contribution in [1.82, 2.24) is 5.32 Å². The number of nitrogens with one attached hydrogen (secondary N) is 1. The normalized spacial score (nSPS) is 25.5. The third kappa shape index (κ3) is 3.72. The van der Waals surface area contributed by atoms with Crippen molar-refractivity contribution in [3.05, 3.63) is 34.9 Å². The van der Waals surface area contributed by atoms with E-state index in [9.17, 15) is 0 Å². The zero-order valence-corrected chi connectivity index (χ0v) is 11.3. The Hall–Kier alpha value is -0.530. The van der Waals surface area contributed by atoms with Gasteiger partial charge in [0.05, 0.1) is 0 Å². The molecule has 0 spiro atoms. The Morgan fingerprint density at radius 3 is 2.59 bits per heavy atom. The molecule has 2 rings (SSSR count). The predicted octanol–water partition coefficient (Wildman–Crippen LogP) is 4.37. The van der Waals surface area contributed by atoms with E-state index >= 15 is 0 Å². The van der Waals surface area contributed by atoms with E-state index in [2.05, 4.69) is 24.4 Å². The molecule has 2 atom stereocenters. The number of benzene rings is 1. The average Bonchev–Trinajstić information content (AvgIpc) is 2.56. The first kappa shape index (κ1) is 12.9. The summed E-state index contributed by atoms with van der Waals surface area (Å²) in [6.45, 7) is 3.28. The summed E-state index contributed by atoms with van der Waals surface area (Å²) in [4.78, 5) is 0. The summed E-state index contributed by atoms with van der Waals surface area (Å²) in [5, 5.41) is 4.45. The monoisotopic (exact) mass is 251 g/mol. The molecule has 1 aliphatic carbocycles. The van der Waals surface area contributed by atoms with Crippen LogP contribution in [0.25, 0.3) is 0 Å². The van der Waals surface area contributed by atoms with Gasteiger partial charge in [-0.3, -0.25) is 0 Å². The van der Waals surface area contributed by atoms with Crippen LogP contribution in [0, 0.1) is 0 Å². The summed E-state index contributed by atoms with van der Waals surface area (Å²) >= 11 is 5.95. The molecule has 1 aliphatic rings. The van der Waals surface area contributed by atoms with E-state index in [0.29, 0.717) is 12.0 Å². The second-order valence-corrected chi connectivity index (χ2v) is 5.46. The first-order valence-corrected chi connectivity index (χ1v) is 7.16. The van der Waals surface area contributed by atoms with Crippen LogP contribution in [0.3, 0.4) is 0 Å². The van der Waals surface area contributed by atoms with Crippen molar-refractivity contribution in [2.45, 2.75) is 51.0 Å². The largest absolute Gasteiger partial charge is 0.314 e. The summed E-state index contributed by atoms with van der Waals surface area (Å²) < 4.78 is 0. The van der Waals surface area contributed by atoms with Gasteiger partial charge in [0.15, 0.2) is 0 Å². The van der Waals surface area contributed by atoms with Crippen LogP contribution in [-0.4, -0.2) is 12.6 Å². The molecule has 94 valence electrons. The van der Waals surface area contributed by atoms with Gasteiger partial charge in [-0.05, 0) is 49.4 Å². The smallest absolute Gasteiger partial charge is 0.0406 e. The van der Waals surface area contributed by atoms with Crippen LogP contribution >= 0.6 is 11.6 Å². The molecule has 1 aromatic carbocycles. The lowest BCUT2D eigenvalue weighted by Gasteiger charge is -2.21. The van der Waals surface area contributed by atoms with Crippen LogP contribution in [0.2, 0.25) is 5.02 Å². The van der Waals surface area contributed by atoms with Crippen molar-refractivity contribution in [3.63, 3.8) is 0 Å². The fraction of sp³-hybridized carbons (Fsp3) is 0.600. The second-order valence-electron chi connectivity index (χ2n) is 5.02. The summed E-state index contributed by atoms with van der Waals surface area (Å²) in [5.74, 6) is 0.707. The molecule has 1 fully saturated rings. The van der Waals surface area contributed by atoms with Crippen LogP contribution in [0.15, 0.2) is 24.3 Å². The van der Waals surface area contributed by atoms with Gasteiger partial charge < -0.3 is 5.32 Å². The molecule has 17 heavy (non-hydrogen) atoms. The Morgan fingerprint density at radius 1 is 1.18 bits per heavy atom. The van der Waals surface area contributed by atoms with Gasteiger partial charge in [-0.15, -0.1) is 0 Å². The highest BCUT2D eigenvalue weighted by Gasteiger charge is 2.20. The van der Waals surface area contributed by atoms with Gasteiger partial charge in [-0.2, -0.15) is 0 Å². The van der Waals surface area contributed by atoms with E-state index < -0.39 is 0 Å². The molecule has 0 aromatic heterocycles. The van der Waals surface area contributed by atoms with Gasteiger partial charge in [0.1, 0.15) is 0 Å². The molecule has 2 heteroatoms. The van der Waals surface area contributed by atoms with E-state index in [0.717, 1.165) is 11.6 Å². The third-order valence-electron chi connectivity index (χ3n) is 3.76. The second kappa shape index (κ2) is 6.42. The summed E-state index contributed by atoms with van der Waals surface area (Å²) in [7, 11) is 0. The molecule has 0 radical (unpaired) electrons. The topological polar surface area (TPSA) is 12.0 Å². The van der Waals surface area contributed by atoms with Crippen molar-refractivity contribution < 1.29 is 0 Å². The summed E-state index contributed by atoms with van der Waals surface area (Å²) in [5.41, 5.74) is 1.46. The van der Waals surface area contributed by atoms with E-state index in [1.165, 1.54) is 37.7 Å². The Morgan fingerprint density at radius 2 is 1.88 bits per heavy atom. The molecule has 1 aromatic rings. The van der Waals surface area contributed by atoms with Crippen LogP contribution in [0.5, 0.6) is 0 Å². The minimum absolute atomic E-state index is 0.697. The lowest BCUT2D eigenvalue weighted by molar-refractivity contribution is 0.449. The van der Waals surface area contributed by atoms with Gasteiger partial charge in [-0.25, -0.2) is 0 Å². The third-order valence-corrected chi connectivity index (χ3v) is 4.01. The van der Waals surface area contributed by atoms with Gasteiger partial charge in [-0.1, -0.05) is 43.5 Å². The minimum Gasteiger partial charge on any atom is -0.314 e. The standard InChI is InChI=1S/C15H22ClN/c1-2-17-15-6-4-3-5-13(11-15)12-7-9-14(16)10-8-12/h7-10,13,15,17H,2-6,11H2,1H3. The molecule has 0 heterocycles. The maximum absolute atomic E-state index is 5.95. The number of rotatable bonds is 3. The van der Waals surface area contributed by atoms with Crippen molar-refractivity contribution >= 4 is 11.6 Å². The van der Waals surface area contributed by atoms with Crippen LogP contribution < -0.4 is 5.32 Å². The fourth-order valence-corrected chi connectivity index (χ4v) is 3.00. The Labute approximate surface area is 110 Å². The molecular weight excluding hydrogens is 230 g/mol. The lowest BCUT2D eigenvalue weighted by Crippen LogP contribution is -2.29. The Balaban J connectivity index is 2.05. The average molecular weight is 252 g/mol. The summed E-state index contributed by atoms with van der Waals surface area (Å²) in [6, 6.07) is 9.12. The Kier molecular flexibility index (Phi) is 4.87. The first-order valence-electron chi connectivity index (χ1n) is 6.78. The molecule has 0 amide bonds. The quantitative estimate of drug-likeness (QED) is 0.787. The number of hydrogen-bond donors (Lipinski definition) is 1. The van der Waals surface area contributed by atoms with Crippen molar-refractivity contribution in [2.75, 3.05) is 6.54 Å². The minimum atomic E-state index is 0.697. The van der Waals surface area contributed by atoms with E-state index in [4.69, 9.17) is 11.6 Å². The van der Waals surface area contributed by atoms with Gasteiger partial charge in [0, 0.05) is 11.1 Å². The zero-order chi connectivity index (χ0) is 12.1. The highest BCUT2D eigenvalue weighted by molar-refractivity contribution is 6.30. The van der Waals surface area contributed by atoms with E-state index in [-0.39, 0.29) is 0 Å². The van der Waals surface area contributed by atoms with Gasteiger partial charge in [0.2, 0.25) is 0 Å². The fourth-order valence-electron chi connectivity index (χ4n) is 2.87. The maximum Gasteiger partial charge on any atom is 0.0406 e. The molecular formula is C15H22ClN. The number of halogens is 1. The van der Waals surface area contributed by atoms with Crippen LogP contribution in [0.1, 0.15) is 50.5 Å². The molecule has 0 aliphatic heterocycles. The van der Waals surface area contributed by atoms with Crippen molar-refractivity contribution in [1.29, 1.82) is 0 Å². The first-order chi connectivity index (χ1) is 8.29. The van der Waals surface area contributed by atoms with Crippen LogP contribution in [-0.2, 0) is 0 Å². The summed E-state index contributed by atoms with van der Waals surface area (Å²) in [6.07, 6.45) is 6.65. The SMILES string of the molecule is CCNC1CCCCC(c2ccc(Cl)cc2)C1. The molecule has 1 saturated carbocycles.